The Hall–Kier alpha value is -3.17. The van der Waals surface area contributed by atoms with Crippen LogP contribution in [0.5, 0.6) is 11.5 Å². The van der Waals surface area contributed by atoms with Crippen LogP contribution in [0.3, 0.4) is 0 Å². The van der Waals surface area contributed by atoms with Crippen LogP contribution in [-0.2, 0) is 6.42 Å². The number of ether oxygens (including phenoxy) is 2. The predicted octanol–water partition coefficient (Wildman–Crippen LogP) is 7.26. The minimum Gasteiger partial charge on any atom is -0.395 e. The van der Waals surface area contributed by atoms with E-state index in [1.165, 1.54) is 24.3 Å². The van der Waals surface area contributed by atoms with E-state index < -0.39 is 19.3 Å². The number of carbonyl (C=O) groups excluding carboxylic acids is 1. The van der Waals surface area contributed by atoms with Crippen molar-refractivity contribution in [1.29, 1.82) is 0 Å². The van der Waals surface area contributed by atoms with Crippen LogP contribution in [-0.4, -0.2) is 49.1 Å². The van der Waals surface area contributed by atoms with Gasteiger partial charge in [-0.05, 0) is 73.2 Å². The molecule has 0 amide bonds. The van der Waals surface area contributed by atoms with E-state index in [1.54, 1.807) is 6.07 Å². The Kier molecular flexibility index (Phi) is 8.81. The highest BCUT2D eigenvalue weighted by Gasteiger charge is 2.46. The summed E-state index contributed by atoms with van der Waals surface area (Å²) < 4.78 is 13.6. The fourth-order valence-corrected chi connectivity index (χ4v) is 12.6. The molecule has 3 rings (SSSR count). The van der Waals surface area contributed by atoms with Crippen molar-refractivity contribution in [3.63, 3.8) is 0 Å². The maximum Gasteiger partial charge on any atom is 0.519 e. The van der Waals surface area contributed by atoms with E-state index in [-0.39, 0.29) is 11.4 Å². The van der Waals surface area contributed by atoms with Gasteiger partial charge in [-0.1, -0.05) is 47.6 Å². The normalized spacial score (nSPS) is 12.2. The van der Waals surface area contributed by atoms with Gasteiger partial charge in [0.05, 0.1) is 4.92 Å². The fourth-order valence-electron chi connectivity index (χ4n) is 5.95. The molecule has 9 heteroatoms. The number of hydrogen-bond donors (Lipinski definition) is 0. The van der Waals surface area contributed by atoms with Crippen molar-refractivity contribution in [3.8, 4) is 11.5 Å². The molecule has 3 aromatic rings. The highest BCUT2D eigenvalue weighted by Crippen LogP contribution is 2.46. The van der Waals surface area contributed by atoms with Gasteiger partial charge in [-0.15, -0.1) is 0 Å². The zero-order valence-corrected chi connectivity index (χ0v) is 24.1. The summed E-state index contributed by atoms with van der Waals surface area (Å²) in [7, 11) is 2.03. The SMILES string of the molecule is CC(C)[Si](C(C)C)(C(C)C)n1cc(CCN(C)C)c2c(OC(=O)Oc3ccc([N+](=O)[O-])cc3)cccc21. The van der Waals surface area contributed by atoms with Crippen molar-refractivity contribution < 1.29 is 19.2 Å². The summed E-state index contributed by atoms with van der Waals surface area (Å²) >= 11 is 0. The molecule has 0 saturated heterocycles. The van der Waals surface area contributed by atoms with Crippen LogP contribution in [0.4, 0.5) is 10.5 Å². The second-order valence-electron chi connectivity index (χ2n) is 10.8. The van der Waals surface area contributed by atoms with Gasteiger partial charge >= 0.3 is 6.16 Å². The summed E-state index contributed by atoms with van der Waals surface area (Å²) in [6.07, 6.45) is 2.23. The Morgan fingerprint density at radius 2 is 1.57 bits per heavy atom. The number of fused-ring (bicyclic) bond motifs is 1. The molecule has 0 atom stereocenters. The summed E-state index contributed by atoms with van der Waals surface area (Å²) in [6, 6.07) is 11.2. The first-order valence-electron chi connectivity index (χ1n) is 12.8. The number of non-ortho nitro benzene ring substituents is 1. The lowest BCUT2D eigenvalue weighted by molar-refractivity contribution is -0.384. The molecule has 0 aliphatic rings. The quantitative estimate of drug-likeness (QED) is 0.0910. The molecule has 0 aliphatic heterocycles. The Bertz CT molecular complexity index is 1230. The zero-order valence-electron chi connectivity index (χ0n) is 23.1. The van der Waals surface area contributed by atoms with Crippen LogP contribution in [0.25, 0.3) is 10.9 Å². The van der Waals surface area contributed by atoms with E-state index in [2.05, 4.69) is 62.9 Å². The molecule has 0 radical (unpaired) electrons. The van der Waals surface area contributed by atoms with Crippen LogP contribution < -0.4 is 9.47 Å². The standard InChI is InChI=1S/C28H39N3O5Si/c1-19(2)37(20(3)4,21(5)6)30-18-22(16-17-29(7)8)27-25(30)10-9-11-26(27)36-28(32)35-24-14-12-23(13-15-24)31(33)34/h9-15,18-21H,16-17H2,1-8H3. The molecule has 200 valence electrons. The lowest BCUT2D eigenvalue weighted by atomic mass is 10.1. The second kappa shape index (κ2) is 11.5. The average Bonchev–Trinajstić information content (AvgIpc) is 3.17. The molecule has 0 saturated carbocycles. The van der Waals surface area contributed by atoms with Crippen LogP contribution in [0.15, 0.2) is 48.7 Å². The topological polar surface area (TPSA) is 86.8 Å². The van der Waals surface area contributed by atoms with E-state index in [9.17, 15) is 14.9 Å². The van der Waals surface area contributed by atoms with Crippen molar-refractivity contribution in [2.75, 3.05) is 20.6 Å². The molecular formula is C28H39N3O5Si. The summed E-state index contributed by atoms with van der Waals surface area (Å²) in [4.78, 5) is 25.3. The minimum absolute atomic E-state index is 0.0783. The number of hydrogen-bond acceptors (Lipinski definition) is 6. The summed E-state index contributed by atoms with van der Waals surface area (Å²) in [5, 5.41) is 11.8. The van der Waals surface area contributed by atoms with Gasteiger partial charge in [0, 0.05) is 29.6 Å². The Morgan fingerprint density at radius 3 is 2.08 bits per heavy atom. The number of benzene rings is 2. The van der Waals surface area contributed by atoms with Crippen LogP contribution in [0.2, 0.25) is 16.6 Å². The first-order valence-corrected chi connectivity index (χ1v) is 15.0. The molecule has 0 bridgehead atoms. The van der Waals surface area contributed by atoms with Crippen LogP contribution >= 0.6 is 0 Å². The number of carbonyl (C=O) groups is 1. The van der Waals surface area contributed by atoms with Crippen LogP contribution in [0.1, 0.15) is 47.1 Å². The van der Waals surface area contributed by atoms with Gasteiger partial charge in [-0.25, -0.2) is 4.79 Å². The van der Waals surface area contributed by atoms with Crippen molar-refractivity contribution >= 4 is 31.0 Å². The number of rotatable bonds is 10. The summed E-state index contributed by atoms with van der Waals surface area (Å²) in [5.74, 6) is 0.634. The van der Waals surface area contributed by atoms with Gasteiger partial charge in [-0.3, -0.25) is 10.1 Å². The first kappa shape index (κ1) is 28.4. The van der Waals surface area contributed by atoms with Crippen molar-refractivity contribution in [1.82, 2.24) is 9.13 Å². The van der Waals surface area contributed by atoms with Crippen molar-refractivity contribution in [2.45, 2.75) is 64.6 Å². The largest absolute Gasteiger partial charge is 0.519 e. The highest BCUT2D eigenvalue weighted by molar-refractivity contribution is 6.82. The van der Waals surface area contributed by atoms with E-state index in [0.717, 1.165) is 29.4 Å². The molecular weight excluding hydrogens is 486 g/mol. The predicted molar refractivity (Wildman–Crippen MR) is 150 cm³/mol. The van der Waals surface area contributed by atoms with E-state index >= 15 is 0 Å². The van der Waals surface area contributed by atoms with Gasteiger partial charge in [-0.2, -0.15) is 0 Å². The second-order valence-corrected chi connectivity index (χ2v) is 16.5. The molecule has 1 heterocycles. The molecule has 37 heavy (non-hydrogen) atoms. The Labute approximate surface area is 220 Å². The molecule has 0 spiro atoms. The van der Waals surface area contributed by atoms with Gasteiger partial charge in [0.25, 0.3) is 5.69 Å². The smallest absolute Gasteiger partial charge is 0.395 e. The molecule has 2 aromatic carbocycles. The van der Waals surface area contributed by atoms with E-state index in [1.807, 2.05) is 20.2 Å². The summed E-state index contributed by atoms with van der Waals surface area (Å²) in [5.41, 5.74) is 3.65. The number of nitro groups is 1. The lowest BCUT2D eigenvalue weighted by Gasteiger charge is -2.44. The molecule has 8 nitrogen and oxygen atoms in total. The molecule has 1 aromatic heterocycles. The summed E-state index contributed by atoms with van der Waals surface area (Å²) in [6.45, 7) is 14.9. The van der Waals surface area contributed by atoms with E-state index in [0.29, 0.717) is 22.4 Å². The Morgan fingerprint density at radius 1 is 0.973 bits per heavy atom. The third-order valence-electron chi connectivity index (χ3n) is 7.33. The first-order chi connectivity index (χ1) is 17.4. The lowest BCUT2D eigenvalue weighted by Crippen LogP contribution is -2.51. The van der Waals surface area contributed by atoms with Gasteiger partial charge in [0.1, 0.15) is 11.5 Å². The number of nitrogens with zero attached hydrogens (tertiary/aromatic N) is 3. The number of aromatic nitrogens is 1. The Balaban J connectivity index is 2.08. The van der Waals surface area contributed by atoms with Crippen LogP contribution in [0, 0.1) is 10.1 Å². The minimum atomic E-state index is -2.07. The fraction of sp³-hybridized carbons (Fsp3) is 0.464. The van der Waals surface area contributed by atoms with Crippen molar-refractivity contribution in [2.24, 2.45) is 0 Å². The van der Waals surface area contributed by atoms with Gasteiger partial charge in [0.15, 0.2) is 8.24 Å². The zero-order chi connectivity index (χ0) is 27.5. The molecule has 0 aliphatic carbocycles. The van der Waals surface area contributed by atoms with Gasteiger partial charge < -0.3 is 18.6 Å². The van der Waals surface area contributed by atoms with E-state index in [4.69, 9.17) is 9.47 Å². The number of nitro benzene ring substituents is 1. The molecule has 0 N–H and O–H groups in total. The monoisotopic (exact) mass is 525 g/mol. The number of likely N-dealkylation sites (N-methyl/N-ethyl adjacent to an activating group) is 1. The molecule has 0 unspecified atom stereocenters. The maximum absolute atomic E-state index is 12.8. The van der Waals surface area contributed by atoms with Gasteiger partial charge in [0.2, 0.25) is 0 Å². The molecule has 0 fully saturated rings. The average molecular weight is 526 g/mol. The highest BCUT2D eigenvalue weighted by atomic mass is 28.3. The maximum atomic E-state index is 12.8. The van der Waals surface area contributed by atoms with Crippen molar-refractivity contribution in [3.05, 3.63) is 64.3 Å². The third-order valence-corrected chi connectivity index (χ3v) is 14.1. The third kappa shape index (κ3) is 5.72.